The van der Waals surface area contributed by atoms with E-state index in [1.165, 1.54) is 61.5 Å². The summed E-state index contributed by atoms with van der Waals surface area (Å²) < 4.78 is 15.5. The molecule has 3 atom stereocenters. The number of amides is 3. The van der Waals surface area contributed by atoms with E-state index in [-0.39, 0.29) is 30.1 Å². The van der Waals surface area contributed by atoms with E-state index >= 15 is 0 Å². The Labute approximate surface area is 494 Å². The number of fused-ring (bicyclic) bond motifs is 6. The lowest BCUT2D eigenvalue weighted by Crippen LogP contribution is -2.40. The number of ether oxygens (including phenoxy) is 3. The molecule has 3 amide bonds. The average molecular weight is 1150 g/mol. The largest absolute Gasteiger partial charge is 0.450 e. The summed E-state index contributed by atoms with van der Waals surface area (Å²) >= 11 is 12.6. The van der Waals surface area contributed by atoms with Gasteiger partial charge in [0.15, 0.2) is 0 Å². The zero-order valence-electron chi connectivity index (χ0n) is 48.3. The van der Waals surface area contributed by atoms with E-state index in [9.17, 15) is 14.4 Å². The first-order valence-corrected chi connectivity index (χ1v) is 30.6. The minimum Gasteiger partial charge on any atom is -0.450 e. The molecule has 0 radical (unpaired) electrons. The van der Waals surface area contributed by atoms with Gasteiger partial charge >= 0.3 is 18.3 Å². The Morgan fingerprint density at radius 3 is 1.49 bits per heavy atom. The summed E-state index contributed by atoms with van der Waals surface area (Å²) in [5.41, 5.74) is 17.8. The number of halogens is 2. The third-order valence-electron chi connectivity index (χ3n) is 17.6. The molecule has 0 N–H and O–H groups in total. The molecule has 3 aliphatic heterocycles. The van der Waals surface area contributed by atoms with Crippen LogP contribution in [0, 0.1) is 31.6 Å². The summed E-state index contributed by atoms with van der Waals surface area (Å²) in [7, 11) is 0. The van der Waals surface area contributed by atoms with Crippen LogP contribution in [0.4, 0.5) is 14.4 Å². The van der Waals surface area contributed by atoms with E-state index in [4.69, 9.17) is 52.4 Å². The van der Waals surface area contributed by atoms with Crippen LogP contribution >= 0.6 is 23.2 Å². The topological polar surface area (TPSA) is 127 Å². The van der Waals surface area contributed by atoms with Gasteiger partial charge in [0.1, 0.15) is 0 Å². The molecule has 14 heteroatoms. The maximum atomic E-state index is 12.1. The Bertz CT molecular complexity index is 3060. The number of aromatic nitrogens is 3. The molecule has 3 aliphatic carbocycles. The highest BCUT2D eigenvalue weighted by Crippen LogP contribution is 2.46. The highest BCUT2D eigenvalue weighted by molar-refractivity contribution is 6.31. The number of carbonyl (C=O) groups excluding carboxylic acids is 3. The number of rotatable bonds is 6. The van der Waals surface area contributed by atoms with Crippen molar-refractivity contribution in [3.8, 4) is 0 Å². The third-order valence-corrected chi connectivity index (χ3v) is 18.1. The monoisotopic (exact) mass is 1140 g/mol. The summed E-state index contributed by atoms with van der Waals surface area (Å²) in [4.78, 5) is 56.3. The molecule has 0 bridgehead atoms. The van der Waals surface area contributed by atoms with Gasteiger partial charge in [-0.2, -0.15) is 0 Å². The summed E-state index contributed by atoms with van der Waals surface area (Å²) in [6, 6.07) is 30.1. The Kier molecular flexibility index (Phi) is 19.3. The second kappa shape index (κ2) is 27.1. The van der Waals surface area contributed by atoms with E-state index in [1.807, 2.05) is 72.3 Å². The summed E-state index contributed by atoms with van der Waals surface area (Å²) in [5, 5.41) is 1.54. The highest BCUT2D eigenvalue weighted by Gasteiger charge is 2.38. The predicted molar refractivity (Wildman–Crippen MR) is 325 cm³/mol. The van der Waals surface area contributed by atoms with Gasteiger partial charge in [0.25, 0.3) is 0 Å². The van der Waals surface area contributed by atoms with Crippen molar-refractivity contribution in [2.45, 2.75) is 117 Å². The lowest BCUT2D eigenvalue weighted by molar-refractivity contribution is 0.0892. The number of carbonyl (C=O) groups is 3. The molecule has 3 aromatic heterocycles. The van der Waals surface area contributed by atoms with Crippen LogP contribution in [-0.2, 0) is 39.9 Å². The fourth-order valence-corrected chi connectivity index (χ4v) is 14.0. The van der Waals surface area contributed by atoms with E-state index in [0.717, 1.165) is 130 Å². The summed E-state index contributed by atoms with van der Waals surface area (Å²) in [6.45, 7) is 15.5. The van der Waals surface area contributed by atoms with Crippen LogP contribution in [0.5, 0.6) is 0 Å². The van der Waals surface area contributed by atoms with Crippen molar-refractivity contribution >= 4 is 53.6 Å². The Hall–Kier alpha value is -6.76. The normalized spacial score (nSPS) is 19.5. The molecule has 0 spiro atoms. The molecule has 3 unspecified atom stereocenters. The maximum absolute atomic E-state index is 12.1. The van der Waals surface area contributed by atoms with Gasteiger partial charge in [0, 0.05) is 85.7 Å². The zero-order chi connectivity index (χ0) is 57.3. The van der Waals surface area contributed by atoms with Crippen molar-refractivity contribution in [2.75, 3.05) is 59.1 Å². The van der Waals surface area contributed by atoms with Gasteiger partial charge in [-0.05, 0) is 214 Å². The molecule has 3 aromatic carbocycles. The van der Waals surface area contributed by atoms with Crippen molar-refractivity contribution in [1.29, 1.82) is 0 Å². The van der Waals surface area contributed by atoms with E-state index in [2.05, 4.69) is 92.7 Å². The van der Waals surface area contributed by atoms with Gasteiger partial charge in [0.2, 0.25) is 0 Å². The first-order valence-electron chi connectivity index (χ1n) is 29.9. The van der Waals surface area contributed by atoms with Gasteiger partial charge in [-0.25, -0.2) is 14.4 Å². The van der Waals surface area contributed by atoms with Gasteiger partial charge in [0.05, 0.1) is 36.9 Å². The first-order chi connectivity index (χ1) is 39.9. The molecule has 6 aliphatic rings. The van der Waals surface area contributed by atoms with E-state index in [1.54, 1.807) is 0 Å². The summed E-state index contributed by atoms with van der Waals surface area (Å²) in [5.74, 6) is 2.16. The SMILES string of the molecule is CCOC(=O)N1CCC(C2c3ccc(Cl)cc3C=Cc3cc(C)cnc32)CC1.CCOC(=O)N1CCC(C2c3ccc(Cl)cc3CCc3cc(C)cnc32)CC1.CCOC(=O)N1CCC(C2c3ccccc3CCc3cccnc32)CC1. The number of nitrogens with zero attached hydrogens (tertiary/aromatic N) is 6. The van der Waals surface area contributed by atoms with Crippen LogP contribution < -0.4 is 0 Å². The molecule has 6 heterocycles. The molecule has 430 valence electrons. The van der Waals surface area contributed by atoms with Crippen LogP contribution in [0.2, 0.25) is 10.0 Å². The highest BCUT2D eigenvalue weighted by atomic mass is 35.5. The minimum atomic E-state index is -0.204. The Balaban J connectivity index is 0.000000138. The average Bonchev–Trinajstić information content (AvgIpc) is 4.09. The van der Waals surface area contributed by atoms with Crippen molar-refractivity contribution in [3.63, 3.8) is 0 Å². The third kappa shape index (κ3) is 13.3. The maximum Gasteiger partial charge on any atom is 0.409 e. The number of pyridine rings is 3. The molecule has 12 nitrogen and oxygen atoms in total. The molecular weight excluding hydrogens is 1070 g/mol. The number of hydrogen-bond acceptors (Lipinski definition) is 9. The second-order valence-electron chi connectivity index (χ2n) is 22.7. The van der Waals surface area contributed by atoms with Crippen molar-refractivity contribution in [1.82, 2.24) is 29.7 Å². The van der Waals surface area contributed by atoms with Gasteiger partial charge < -0.3 is 28.9 Å². The molecule has 82 heavy (non-hydrogen) atoms. The molecule has 12 rings (SSSR count). The summed E-state index contributed by atoms with van der Waals surface area (Å²) in [6.07, 6.45) is 19.5. The lowest BCUT2D eigenvalue weighted by Gasteiger charge is -2.36. The van der Waals surface area contributed by atoms with Crippen LogP contribution in [0.3, 0.4) is 0 Å². The molecular formula is C68H78Cl2N6O6. The van der Waals surface area contributed by atoms with Gasteiger partial charge in [-0.3, -0.25) is 15.0 Å². The van der Waals surface area contributed by atoms with Crippen LogP contribution in [0.1, 0.15) is 155 Å². The van der Waals surface area contributed by atoms with Crippen LogP contribution in [-0.4, -0.2) is 107 Å². The van der Waals surface area contributed by atoms with Crippen LogP contribution in [0.25, 0.3) is 12.2 Å². The number of likely N-dealkylation sites (tertiary alicyclic amines) is 3. The fourth-order valence-electron chi connectivity index (χ4n) is 13.7. The first kappa shape index (κ1) is 58.4. The van der Waals surface area contributed by atoms with E-state index in [0.29, 0.717) is 43.5 Å². The molecule has 3 saturated heterocycles. The van der Waals surface area contributed by atoms with Crippen LogP contribution in [0.15, 0.2) is 104 Å². The number of benzene rings is 3. The molecule has 6 aromatic rings. The molecule has 0 saturated carbocycles. The Morgan fingerprint density at radius 1 is 0.463 bits per heavy atom. The second-order valence-corrected chi connectivity index (χ2v) is 23.6. The van der Waals surface area contributed by atoms with Gasteiger partial charge in [-0.15, -0.1) is 0 Å². The fraction of sp³-hybridized carbons (Fsp3) is 0.441. The smallest absolute Gasteiger partial charge is 0.409 e. The van der Waals surface area contributed by atoms with Gasteiger partial charge in [-0.1, -0.05) is 83.9 Å². The van der Waals surface area contributed by atoms with Crippen molar-refractivity contribution < 1.29 is 28.6 Å². The van der Waals surface area contributed by atoms with Crippen molar-refractivity contribution in [2.24, 2.45) is 17.8 Å². The Morgan fingerprint density at radius 2 is 0.902 bits per heavy atom. The number of aryl methyl sites for hydroxylation is 6. The lowest BCUT2D eigenvalue weighted by atomic mass is 9.76. The minimum absolute atomic E-state index is 0.175. The number of piperidine rings is 3. The standard InChI is InChI=1S/C23H27ClN2O2.C23H25ClN2O2.C22H26N2O2/c2*1-3-28-23(27)26-10-8-16(9-11-26)21-20-7-6-19(24)13-17(20)4-5-18-12-15(2)14-25-22(18)21;1-2-26-22(25)24-14-11-17(12-15-24)20-19-8-4-3-6-16(19)9-10-18-7-5-13-23-21(18)20/h6-7,12-14,16,21H,3-5,8-11H2,1-2H3;4-7,12-14,16,21H,3,8-11H2,1-2H3;3-8,13,17,20H,2,9-12,14-15H2,1H3. The quantitative estimate of drug-likeness (QED) is 0.150. The van der Waals surface area contributed by atoms with Crippen molar-refractivity contribution in [3.05, 3.63) is 192 Å². The zero-order valence-corrected chi connectivity index (χ0v) is 49.8. The predicted octanol–water partition coefficient (Wildman–Crippen LogP) is 14.9. The molecule has 3 fully saturated rings. The number of hydrogen-bond donors (Lipinski definition) is 0. The van der Waals surface area contributed by atoms with E-state index < -0.39 is 0 Å².